The van der Waals surface area contributed by atoms with Crippen LogP contribution in [0.15, 0.2) is 18.2 Å². The number of ketones is 1. The number of hydrogen-bond acceptors (Lipinski definition) is 7. The molecule has 0 spiro atoms. The standard InChI is InChI=1S/C19H22N2O4S/c1-11(22)10-25-19(24)14-9-12(21(2)3)7-8-13(14)18-20-15-5-4-6-16(23)17(15)26-18/h7-9,16,23H,4-6,10H2,1-3H3. The van der Waals surface area contributed by atoms with Crippen LogP contribution in [0, 0.1) is 0 Å². The van der Waals surface area contributed by atoms with Crippen molar-refractivity contribution in [3.05, 3.63) is 34.3 Å². The Morgan fingerprint density at radius 1 is 1.38 bits per heavy atom. The van der Waals surface area contributed by atoms with Crippen molar-refractivity contribution in [1.82, 2.24) is 4.98 Å². The summed E-state index contributed by atoms with van der Waals surface area (Å²) in [5.41, 5.74) is 2.79. The lowest BCUT2D eigenvalue weighted by atomic mass is 10.0. The minimum Gasteiger partial charge on any atom is -0.454 e. The summed E-state index contributed by atoms with van der Waals surface area (Å²) in [7, 11) is 3.77. The first-order valence-electron chi connectivity index (χ1n) is 8.52. The molecule has 1 atom stereocenters. The SMILES string of the molecule is CC(=O)COC(=O)c1cc(N(C)C)ccc1-c1nc2c(s1)C(O)CCC2. The highest BCUT2D eigenvalue weighted by molar-refractivity contribution is 7.15. The molecule has 0 bridgehead atoms. The number of nitrogens with zero attached hydrogens (tertiary/aromatic N) is 2. The predicted molar refractivity (Wildman–Crippen MR) is 101 cm³/mol. The molecule has 1 aliphatic rings. The third-order valence-corrected chi connectivity index (χ3v) is 5.53. The number of Topliss-reactive ketones (excluding diaryl/α,β-unsaturated/α-hetero) is 1. The molecule has 1 unspecified atom stereocenters. The van der Waals surface area contributed by atoms with Crippen molar-refractivity contribution in [2.45, 2.75) is 32.3 Å². The summed E-state index contributed by atoms with van der Waals surface area (Å²) in [4.78, 5) is 31.1. The lowest BCUT2D eigenvalue weighted by Crippen LogP contribution is -2.14. The minimum absolute atomic E-state index is 0.212. The van der Waals surface area contributed by atoms with Crippen LogP contribution in [0.5, 0.6) is 0 Å². The maximum Gasteiger partial charge on any atom is 0.339 e. The maximum atomic E-state index is 12.6. The third kappa shape index (κ3) is 3.78. The lowest BCUT2D eigenvalue weighted by Gasteiger charge is -2.15. The van der Waals surface area contributed by atoms with Gasteiger partial charge in [0.2, 0.25) is 0 Å². The zero-order valence-electron chi connectivity index (χ0n) is 15.1. The molecule has 1 aromatic heterocycles. The van der Waals surface area contributed by atoms with Crippen LogP contribution in [0.1, 0.15) is 46.8 Å². The number of aromatic nitrogens is 1. The summed E-state index contributed by atoms with van der Waals surface area (Å²) < 4.78 is 5.13. The fraction of sp³-hybridized carbons (Fsp3) is 0.421. The number of carbonyl (C=O) groups is 2. The Morgan fingerprint density at radius 3 is 2.81 bits per heavy atom. The van der Waals surface area contributed by atoms with Gasteiger partial charge in [0.25, 0.3) is 0 Å². The number of carbonyl (C=O) groups excluding carboxylic acids is 2. The number of benzene rings is 1. The van der Waals surface area contributed by atoms with E-state index in [-0.39, 0.29) is 12.4 Å². The van der Waals surface area contributed by atoms with E-state index in [2.05, 4.69) is 4.98 Å². The van der Waals surface area contributed by atoms with Gasteiger partial charge >= 0.3 is 5.97 Å². The highest BCUT2D eigenvalue weighted by Crippen LogP contribution is 2.39. The van der Waals surface area contributed by atoms with Crippen LogP contribution in [0.3, 0.4) is 0 Å². The smallest absolute Gasteiger partial charge is 0.339 e. The monoisotopic (exact) mass is 374 g/mol. The van der Waals surface area contributed by atoms with E-state index in [1.54, 1.807) is 6.07 Å². The van der Waals surface area contributed by atoms with E-state index in [4.69, 9.17) is 4.74 Å². The molecule has 0 radical (unpaired) electrons. The highest BCUT2D eigenvalue weighted by Gasteiger charge is 2.25. The van der Waals surface area contributed by atoms with Crippen molar-refractivity contribution >= 4 is 28.8 Å². The van der Waals surface area contributed by atoms with Crippen LogP contribution in [-0.4, -0.2) is 42.5 Å². The number of aliphatic hydroxyl groups excluding tert-OH is 1. The fourth-order valence-electron chi connectivity index (χ4n) is 2.92. The molecule has 7 heteroatoms. The number of ether oxygens (including phenoxy) is 1. The Morgan fingerprint density at radius 2 is 2.15 bits per heavy atom. The predicted octanol–water partition coefficient (Wildman–Crippen LogP) is 2.99. The molecule has 1 N–H and O–H groups in total. The average molecular weight is 374 g/mol. The Labute approximate surface area is 156 Å². The first-order chi connectivity index (χ1) is 12.4. The molecule has 0 aliphatic heterocycles. The summed E-state index contributed by atoms with van der Waals surface area (Å²) >= 11 is 1.42. The minimum atomic E-state index is -0.548. The zero-order chi connectivity index (χ0) is 18.8. The van der Waals surface area contributed by atoms with E-state index in [1.807, 2.05) is 31.1 Å². The van der Waals surface area contributed by atoms with Crippen LogP contribution in [0.25, 0.3) is 10.6 Å². The molecule has 2 aromatic rings. The average Bonchev–Trinajstić information content (AvgIpc) is 3.04. The van der Waals surface area contributed by atoms with E-state index >= 15 is 0 Å². The first-order valence-corrected chi connectivity index (χ1v) is 9.34. The second kappa shape index (κ2) is 7.55. The molecular weight excluding hydrogens is 352 g/mol. The van der Waals surface area contributed by atoms with Crippen molar-refractivity contribution in [2.24, 2.45) is 0 Å². The Balaban J connectivity index is 2.03. The maximum absolute atomic E-state index is 12.6. The number of esters is 1. The number of rotatable bonds is 5. The van der Waals surface area contributed by atoms with Crippen LogP contribution in [0.4, 0.5) is 5.69 Å². The molecule has 138 valence electrons. The second-order valence-electron chi connectivity index (χ2n) is 6.64. The van der Waals surface area contributed by atoms with Gasteiger partial charge in [-0.2, -0.15) is 0 Å². The Bertz CT molecular complexity index is 844. The number of thiazole rings is 1. The quantitative estimate of drug-likeness (QED) is 0.811. The van der Waals surface area contributed by atoms with Gasteiger partial charge in [0.05, 0.1) is 22.2 Å². The number of fused-ring (bicyclic) bond motifs is 1. The fourth-order valence-corrected chi connectivity index (χ4v) is 4.09. The molecule has 0 saturated carbocycles. The molecule has 6 nitrogen and oxygen atoms in total. The van der Waals surface area contributed by atoms with Crippen molar-refractivity contribution in [1.29, 1.82) is 0 Å². The van der Waals surface area contributed by atoms with E-state index in [1.165, 1.54) is 18.3 Å². The van der Waals surface area contributed by atoms with E-state index in [0.29, 0.717) is 16.1 Å². The molecule has 1 aromatic carbocycles. The van der Waals surface area contributed by atoms with E-state index in [9.17, 15) is 14.7 Å². The third-order valence-electron chi connectivity index (χ3n) is 4.30. The van der Waals surface area contributed by atoms with Gasteiger partial charge in [0.1, 0.15) is 11.6 Å². The highest BCUT2D eigenvalue weighted by atomic mass is 32.1. The van der Waals surface area contributed by atoms with Crippen LogP contribution in [0.2, 0.25) is 0 Å². The van der Waals surface area contributed by atoms with Crippen LogP contribution in [-0.2, 0) is 16.0 Å². The van der Waals surface area contributed by atoms with Crippen molar-refractivity contribution in [3.63, 3.8) is 0 Å². The van der Waals surface area contributed by atoms with Gasteiger partial charge in [0.15, 0.2) is 5.78 Å². The zero-order valence-corrected chi connectivity index (χ0v) is 15.9. The topological polar surface area (TPSA) is 79.7 Å². The van der Waals surface area contributed by atoms with E-state index < -0.39 is 12.1 Å². The van der Waals surface area contributed by atoms with Crippen LogP contribution >= 0.6 is 11.3 Å². The van der Waals surface area contributed by atoms with Crippen molar-refractivity contribution < 1.29 is 19.4 Å². The van der Waals surface area contributed by atoms with Gasteiger partial charge in [-0.15, -0.1) is 11.3 Å². The molecular formula is C19H22N2O4S. The number of anilines is 1. The Hall–Kier alpha value is -2.25. The summed E-state index contributed by atoms with van der Waals surface area (Å²) in [6.07, 6.45) is 1.99. The molecule has 0 amide bonds. The van der Waals surface area contributed by atoms with Gasteiger partial charge in [-0.05, 0) is 44.4 Å². The molecule has 0 saturated heterocycles. The summed E-state index contributed by atoms with van der Waals surface area (Å²) in [5.74, 6) is -0.760. The summed E-state index contributed by atoms with van der Waals surface area (Å²) in [5, 5.41) is 10.9. The lowest BCUT2D eigenvalue weighted by molar-refractivity contribution is -0.120. The van der Waals surface area contributed by atoms with Gasteiger partial charge in [-0.25, -0.2) is 9.78 Å². The van der Waals surface area contributed by atoms with Crippen molar-refractivity contribution in [3.8, 4) is 10.6 Å². The number of aryl methyl sites for hydroxylation is 1. The van der Waals surface area contributed by atoms with Crippen LogP contribution < -0.4 is 4.90 Å². The molecule has 3 rings (SSSR count). The van der Waals surface area contributed by atoms with Crippen molar-refractivity contribution in [2.75, 3.05) is 25.6 Å². The molecule has 1 aliphatic carbocycles. The largest absolute Gasteiger partial charge is 0.454 e. The summed E-state index contributed by atoms with van der Waals surface area (Å²) in [6, 6.07) is 5.50. The van der Waals surface area contributed by atoms with Gasteiger partial charge in [-0.1, -0.05) is 0 Å². The van der Waals surface area contributed by atoms with Gasteiger partial charge in [0, 0.05) is 25.3 Å². The van der Waals surface area contributed by atoms with Gasteiger partial charge < -0.3 is 14.7 Å². The normalized spacial score (nSPS) is 16.1. The second-order valence-corrected chi connectivity index (χ2v) is 7.67. The molecule has 0 fully saturated rings. The van der Waals surface area contributed by atoms with Gasteiger partial charge in [-0.3, -0.25) is 4.79 Å². The molecule has 26 heavy (non-hydrogen) atoms. The molecule has 1 heterocycles. The number of aliphatic hydroxyl groups is 1. The number of hydrogen-bond donors (Lipinski definition) is 1. The Kier molecular flexibility index (Phi) is 5.38. The first kappa shape index (κ1) is 18.5. The summed E-state index contributed by atoms with van der Waals surface area (Å²) in [6.45, 7) is 1.12. The van der Waals surface area contributed by atoms with E-state index in [0.717, 1.165) is 35.5 Å².